The first kappa shape index (κ1) is 14.1. The number of rotatable bonds is 3. The SMILES string of the molecule is COc1cc(C)c(Br)cc1C(Cl)C1COCCO1. The van der Waals surface area contributed by atoms with Crippen LogP contribution in [-0.2, 0) is 9.47 Å². The molecule has 1 aromatic rings. The lowest BCUT2D eigenvalue weighted by Gasteiger charge is -2.28. The lowest BCUT2D eigenvalue weighted by atomic mass is 10.0. The molecule has 0 radical (unpaired) electrons. The Kier molecular flexibility index (Phi) is 4.90. The number of hydrogen-bond donors (Lipinski definition) is 0. The summed E-state index contributed by atoms with van der Waals surface area (Å²) < 4.78 is 17.4. The van der Waals surface area contributed by atoms with Gasteiger partial charge in [0.05, 0.1) is 32.3 Å². The van der Waals surface area contributed by atoms with Gasteiger partial charge in [-0.15, -0.1) is 11.6 Å². The van der Waals surface area contributed by atoms with Crippen LogP contribution in [0.15, 0.2) is 16.6 Å². The summed E-state index contributed by atoms with van der Waals surface area (Å²) in [6, 6.07) is 3.96. The lowest BCUT2D eigenvalue weighted by molar-refractivity contribution is -0.0893. The van der Waals surface area contributed by atoms with E-state index in [0.717, 1.165) is 21.3 Å². The van der Waals surface area contributed by atoms with E-state index in [2.05, 4.69) is 15.9 Å². The average molecular weight is 336 g/mol. The zero-order valence-electron chi connectivity index (χ0n) is 10.4. The van der Waals surface area contributed by atoms with E-state index in [0.29, 0.717) is 19.8 Å². The highest BCUT2D eigenvalue weighted by Gasteiger charge is 2.27. The first-order valence-corrected chi connectivity index (χ1v) is 7.04. The van der Waals surface area contributed by atoms with Crippen LogP contribution in [0.1, 0.15) is 16.5 Å². The Morgan fingerprint density at radius 1 is 1.44 bits per heavy atom. The van der Waals surface area contributed by atoms with Crippen molar-refractivity contribution < 1.29 is 14.2 Å². The van der Waals surface area contributed by atoms with E-state index in [1.807, 2.05) is 19.1 Å². The third-order valence-corrected chi connectivity index (χ3v) is 4.35. The van der Waals surface area contributed by atoms with Gasteiger partial charge in [-0.3, -0.25) is 0 Å². The summed E-state index contributed by atoms with van der Waals surface area (Å²) >= 11 is 10.0. The maximum atomic E-state index is 6.49. The van der Waals surface area contributed by atoms with E-state index in [-0.39, 0.29) is 11.5 Å². The molecule has 0 amide bonds. The van der Waals surface area contributed by atoms with Crippen molar-refractivity contribution in [2.24, 2.45) is 0 Å². The van der Waals surface area contributed by atoms with Crippen molar-refractivity contribution in [3.63, 3.8) is 0 Å². The van der Waals surface area contributed by atoms with Crippen LogP contribution in [-0.4, -0.2) is 33.0 Å². The fourth-order valence-corrected chi connectivity index (χ4v) is 2.62. The quantitative estimate of drug-likeness (QED) is 0.792. The summed E-state index contributed by atoms with van der Waals surface area (Å²) in [5, 5.41) is -0.280. The minimum Gasteiger partial charge on any atom is -0.496 e. The lowest BCUT2D eigenvalue weighted by Crippen LogP contribution is -2.32. The molecule has 0 bridgehead atoms. The van der Waals surface area contributed by atoms with Crippen molar-refractivity contribution in [3.8, 4) is 5.75 Å². The second-order valence-electron chi connectivity index (χ2n) is 4.23. The Morgan fingerprint density at radius 3 is 2.83 bits per heavy atom. The van der Waals surface area contributed by atoms with Crippen molar-refractivity contribution in [2.75, 3.05) is 26.9 Å². The Labute approximate surface area is 120 Å². The van der Waals surface area contributed by atoms with Gasteiger partial charge in [0.1, 0.15) is 11.9 Å². The largest absolute Gasteiger partial charge is 0.496 e. The maximum Gasteiger partial charge on any atom is 0.123 e. The topological polar surface area (TPSA) is 27.7 Å². The van der Waals surface area contributed by atoms with E-state index >= 15 is 0 Å². The molecule has 1 aliphatic rings. The molecule has 1 heterocycles. The molecular weight excluding hydrogens is 319 g/mol. The predicted octanol–water partition coefficient (Wildman–Crippen LogP) is 3.46. The predicted molar refractivity (Wildman–Crippen MR) is 74.6 cm³/mol. The molecule has 2 rings (SSSR count). The number of halogens is 2. The van der Waals surface area contributed by atoms with Crippen LogP contribution in [0.4, 0.5) is 0 Å². The summed E-state index contributed by atoms with van der Waals surface area (Å²) in [7, 11) is 1.65. The van der Waals surface area contributed by atoms with Gasteiger partial charge in [0.2, 0.25) is 0 Å². The van der Waals surface area contributed by atoms with Gasteiger partial charge in [-0.05, 0) is 24.6 Å². The number of methoxy groups -OCH3 is 1. The van der Waals surface area contributed by atoms with Crippen molar-refractivity contribution in [3.05, 3.63) is 27.7 Å². The standard InChI is InChI=1S/C13H16BrClO3/c1-8-5-11(16-2)9(6-10(8)14)13(15)12-7-17-3-4-18-12/h5-6,12-13H,3-4,7H2,1-2H3. The molecule has 0 aromatic heterocycles. The highest BCUT2D eigenvalue weighted by atomic mass is 79.9. The van der Waals surface area contributed by atoms with Gasteiger partial charge in [-0.25, -0.2) is 0 Å². The third-order valence-electron chi connectivity index (χ3n) is 2.98. The van der Waals surface area contributed by atoms with Crippen LogP contribution in [0.25, 0.3) is 0 Å². The molecule has 0 aliphatic carbocycles. The van der Waals surface area contributed by atoms with Crippen LogP contribution in [0.2, 0.25) is 0 Å². The third kappa shape index (κ3) is 2.99. The van der Waals surface area contributed by atoms with Crippen LogP contribution in [0, 0.1) is 6.92 Å². The fraction of sp³-hybridized carbons (Fsp3) is 0.538. The van der Waals surface area contributed by atoms with Gasteiger partial charge in [0.15, 0.2) is 0 Å². The van der Waals surface area contributed by atoms with Crippen molar-refractivity contribution in [1.29, 1.82) is 0 Å². The van der Waals surface area contributed by atoms with Gasteiger partial charge in [-0.1, -0.05) is 15.9 Å². The average Bonchev–Trinajstić information content (AvgIpc) is 2.41. The first-order chi connectivity index (χ1) is 8.63. The van der Waals surface area contributed by atoms with Gasteiger partial charge < -0.3 is 14.2 Å². The smallest absolute Gasteiger partial charge is 0.123 e. The molecule has 2 atom stereocenters. The van der Waals surface area contributed by atoms with Crippen LogP contribution in [0.3, 0.4) is 0 Å². The molecular formula is C13H16BrClO3. The van der Waals surface area contributed by atoms with E-state index in [4.69, 9.17) is 25.8 Å². The van der Waals surface area contributed by atoms with E-state index in [1.165, 1.54) is 0 Å². The number of hydrogen-bond acceptors (Lipinski definition) is 3. The molecule has 1 fully saturated rings. The molecule has 0 N–H and O–H groups in total. The number of aryl methyl sites for hydroxylation is 1. The zero-order chi connectivity index (χ0) is 13.1. The molecule has 0 spiro atoms. The maximum absolute atomic E-state index is 6.49. The van der Waals surface area contributed by atoms with Gasteiger partial charge in [-0.2, -0.15) is 0 Å². The summed E-state index contributed by atoms with van der Waals surface area (Å²) in [6.07, 6.45) is -0.135. The number of alkyl halides is 1. The van der Waals surface area contributed by atoms with Crippen LogP contribution >= 0.6 is 27.5 Å². The molecule has 5 heteroatoms. The van der Waals surface area contributed by atoms with Crippen LogP contribution in [0.5, 0.6) is 5.75 Å². The minimum absolute atomic E-state index is 0.135. The normalized spacial score (nSPS) is 21.7. The highest BCUT2D eigenvalue weighted by molar-refractivity contribution is 9.10. The summed E-state index contributed by atoms with van der Waals surface area (Å²) in [6.45, 7) is 3.75. The number of ether oxygens (including phenoxy) is 3. The molecule has 0 saturated carbocycles. The Balaban J connectivity index is 2.27. The fourth-order valence-electron chi connectivity index (χ4n) is 1.94. The Hall–Kier alpha value is -0.290. The summed E-state index contributed by atoms with van der Waals surface area (Å²) in [5.41, 5.74) is 2.03. The molecule has 2 unspecified atom stereocenters. The van der Waals surface area contributed by atoms with Crippen molar-refractivity contribution >= 4 is 27.5 Å². The number of benzene rings is 1. The van der Waals surface area contributed by atoms with E-state index < -0.39 is 0 Å². The van der Waals surface area contributed by atoms with Gasteiger partial charge in [0, 0.05) is 10.0 Å². The summed E-state index contributed by atoms with van der Waals surface area (Å²) in [4.78, 5) is 0. The van der Waals surface area contributed by atoms with Gasteiger partial charge >= 0.3 is 0 Å². The van der Waals surface area contributed by atoms with Crippen molar-refractivity contribution in [2.45, 2.75) is 18.4 Å². The van der Waals surface area contributed by atoms with Crippen molar-refractivity contribution in [1.82, 2.24) is 0 Å². The first-order valence-electron chi connectivity index (χ1n) is 5.81. The zero-order valence-corrected chi connectivity index (χ0v) is 12.8. The van der Waals surface area contributed by atoms with E-state index in [1.54, 1.807) is 7.11 Å². The van der Waals surface area contributed by atoms with Gasteiger partial charge in [0.25, 0.3) is 0 Å². The monoisotopic (exact) mass is 334 g/mol. The minimum atomic E-state index is -0.280. The Morgan fingerprint density at radius 2 is 2.22 bits per heavy atom. The van der Waals surface area contributed by atoms with E-state index in [9.17, 15) is 0 Å². The molecule has 100 valence electrons. The second-order valence-corrected chi connectivity index (χ2v) is 5.55. The van der Waals surface area contributed by atoms with Crippen LogP contribution < -0.4 is 4.74 Å². The molecule has 1 aromatic carbocycles. The Bertz CT molecular complexity index is 419. The molecule has 1 saturated heterocycles. The second kappa shape index (κ2) is 6.24. The highest BCUT2D eigenvalue weighted by Crippen LogP contribution is 2.37. The summed E-state index contributed by atoms with van der Waals surface area (Å²) in [5.74, 6) is 0.782. The molecule has 18 heavy (non-hydrogen) atoms. The molecule has 1 aliphatic heterocycles. The molecule has 3 nitrogen and oxygen atoms in total.